The number of fused-ring (bicyclic) bond motifs is 1. The number of carbonyl (C=O) groups excluding carboxylic acids is 1. The van der Waals surface area contributed by atoms with Crippen molar-refractivity contribution in [3.05, 3.63) is 90.4 Å². The molecule has 0 bridgehead atoms. The number of carbonyl (C=O) groups is 1. The van der Waals surface area contributed by atoms with Crippen LogP contribution in [0, 0.1) is 12.7 Å². The molecule has 1 fully saturated rings. The van der Waals surface area contributed by atoms with Crippen molar-refractivity contribution in [1.29, 1.82) is 0 Å². The van der Waals surface area contributed by atoms with E-state index in [0.717, 1.165) is 33.8 Å². The van der Waals surface area contributed by atoms with Gasteiger partial charge in [-0.15, -0.1) is 10.2 Å². The topological polar surface area (TPSA) is 104 Å². The van der Waals surface area contributed by atoms with E-state index in [4.69, 9.17) is 0 Å². The summed E-state index contributed by atoms with van der Waals surface area (Å²) in [5, 5.41) is 10.6. The molecule has 6 rings (SSSR count). The van der Waals surface area contributed by atoms with Crippen molar-refractivity contribution < 1.29 is 17.6 Å². The summed E-state index contributed by atoms with van der Waals surface area (Å²) < 4.78 is 42.7. The molecular formula is C29H27FN6O3S2. The normalized spacial score (nSPS) is 14.5. The first-order chi connectivity index (χ1) is 19.8. The van der Waals surface area contributed by atoms with E-state index in [1.165, 1.54) is 34.3 Å². The van der Waals surface area contributed by atoms with Gasteiger partial charge in [-0.05, 0) is 48.9 Å². The number of H-pyrrole nitrogens is 1. The van der Waals surface area contributed by atoms with E-state index in [2.05, 4.69) is 15.2 Å². The number of aryl methyl sites for hydroxylation is 1. The number of piperazine rings is 1. The summed E-state index contributed by atoms with van der Waals surface area (Å²) in [6, 6.07) is 21.0. The molecule has 12 heteroatoms. The Morgan fingerprint density at radius 1 is 0.976 bits per heavy atom. The van der Waals surface area contributed by atoms with Crippen molar-refractivity contribution in [1.82, 2.24) is 29.0 Å². The number of rotatable bonds is 7. The molecule has 0 radical (unpaired) electrons. The second-order valence-corrected chi connectivity index (χ2v) is 12.6. The molecule has 1 amide bonds. The zero-order chi connectivity index (χ0) is 28.6. The highest BCUT2D eigenvalue weighted by atomic mass is 32.2. The summed E-state index contributed by atoms with van der Waals surface area (Å²) in [6.07, 6.45) is 1.91. The highest BCUT2D eigenvalue weighted by Gasteiger charge is 2.30. The van der Waals surface area contributed by atoms with Crippen LogP contribution >= 0.6 is 11.8 Å². The van der Waals surface area contributed by atoms with Crippen LogP contribution in [0.2, 0.25) is 0 Å². The minimum Gasteiger partial charge on any atom is -0.360 e. The van der Waals surface area contributed by atoms with Gasteiger partial charge < -0.3 is 9.88 Å². The first-order valence-electron chi connectivity index (χ1n) is 13.1. The third-order valence-corrected chi connectivity index (χ3v) is 9.88. The predicted octanol–water partition coefficient (Wildman–Crippen LogP) is 4.49. The van der Waals surface area contributed by atoms with Gasteiger partial charge in [0.2, 0.25) is 15.9 Å². The van der Waals surface area contributed by atoms with E-state index >= 15 is 0 Å². The molecule has 3 heterocycles. The highest BCUT2D eigenvalue weighted by molar-refractivity contribution is 7.99. The van der Waals surface area contributed by atoms with Gasteiger partial charge in [-0.25, -0.2) is 12.8 Å². The van der Waals surface area contributed by atoms with Crippen LogP contribution in [-0.4, -0.2) is 75.2 Å². The van der Waals surface area contributed by atoms with Gasteiger partial charge >= 0.3 is 0 Å². The number of para-hydroxylation sites is 1. The van der Waals surface area contributed by atoms with E-state index in [0.29, 0.717) is 11.0 Å². The Balaban J connectivity index is 1.19. The molecule has 1 aliphatic rings. The number of halogens is 1. The average molecular weight is 591 g/mol. The van der Waals surface area contributed by atoms with E-state index in [-0.39, 0.29) is 42.7 Å². The predicted molar refractivity (Wildman–Crippen MR) is 156 cm³/mol. The second-order valence-electron chi connectivity index (χ2n) is 9.76. The minimum absolute atomic E-state index is 0.0886. The summed E-state index contributed by atoms with van der Waals surface area (Å²) in [6.45, 7) is 2.79. The van der Waals surface area contributed by atoms with E-state index in [1.54, 1.807) is 4.90 Å². The van der Waals surface area contributed by atoms with Crippen molar-refractivity contribution in [2.45, 2.75) is 17.0 Å². The van der Waals surface area contributed by atoms with E-state index in [1.807, 2.05) is 66.2 Å². The van der Waals surface area contributed by atoms with Crippen LogP contribution in [0.15, 0.2) is 89.0 Å². The maximum absolute atomic E-state index is 13.6. The van der Waals surface area contributed by atoms with Gasteiger partial charge in [0.25, 0.3) is 0 Å². The van der Waals surface area contributed by atoms with Gasteiger partial charge in [0, 0.05) is 54.5 Å². The van der Waals surface area contributed by atoms with Crippen molar-refractivity contribution >= 4 is 38.6 Å². The number of aromatic amines is 1. The zero-order valence-electron chi connectivity index (χ0n) is 22.2. The van der Waals surface area contributed by atoms with Gasteiger partial charge in [0.1, 0.15) is 5.82 Å². The molecule has 9 nitrogen and oxygen atoms in total. The lowest BCUT2D eigenvalue weighted by Gasteiger charge is -2.34. The minimum atomic E-state index is -3.84. The summed E-state index contributed by atoms with van der Waals surface area (Å²) in [4.78, 5) is 18.0. The fraction of sp³-hybridized carbons (Fsp3) is 0.207. The Labute approximate surface area is 241 Å². The number of nitrogens with one attached hydrogen (secondary N) is 1. The van der Waals surface area contributed by atoms with Gasteiger partial charge in [0.05, 0.1) is 10.6 Å². The summed E-state index contributed by atoms with van der Waals surface area (Å²) in [7, 11) is -3.84. The molecule has 0 unspecified atom stereocenters. The Hall–Kier alpha value is -4.00. The fourth-order valence-corrected chi connectivity index (χ4v) is 7.28. The molecule has 0 aliphatic carbocycles. The van der Waals surface area contributed by atoms with Crippen LogP contribution in [-0.2, 0) is 14.8 Å². The lowest BCUT2D eigenvalue weighted by molar-refractivity contribution is -0.129. The van der Waals surface area contributed by atoms with Gasteiger partial charge in [-0.2, -0.15) is 4.31 Å². The van der Waals surface area contributed by atoms with Crippen molar-refractivity contribution in [2.75, 3.05) is 31.9 Å². The van der Waals surface area contributed by atoms with Crippen molar-refractivity contribution in [3.8, 4) is 17.1 Å². The molecule has 0 spiro atoms. The highest BCUT2D eigenvalue weighted by Crippen LogP contribution is 2.33. The smallest absolute Gasteiger partial charge is 0.243 e. The summed E-state index contributed by atoms with van der Waals surface area (Å²) >= 11 is 1.29. The molecule has 1 saturated heterocycles. The molecule has 1 N–H and O–H groups in total. The quantitative estimate of drug-likeness (QED) is 0.280. The van der Waals surface area contributed by atoms with Crippen LogP contribution in [0.4, 0.5) is 4.39 Å². The number of aromatic nitrogens is 4. The summed E-state index contributed by atoms with van der Waals surface area (Å²) in [5.41, 5.74) is 3.87. The molecular weight excluding hydrogens is 563 g/mol. The van der Waals surface area contributed by atoms with Crippen LogP contribution in [0.3, 0.4) is 0 Å². The fourth-order valence-electron chi connectivity index (χ4n) is 4.97. The maximum Gasteiger partial charge on any atom is 0.243 e. The van der Waals surface area contributed by atoms with Gasteiger partial charge in [-0.3, -0.25) is 9.36 Å². The Kier molecular flexibility index (Phi) is 7.37. The number of benzene rings is 3. The molecule has 210 valence electrons. The van der Waals surface area contributed by atoms with Crippen LogP contribution in [0.25, 0.3) is 28.0 Å². The van der Waals surface area contributed by atoms with E-state index < -0.39 is 15.8 Å². The number of hydrogen-bond acceptors (Lipinski definition) is 6. The molecule has 5 aromatic rings. The number of amides is 1. The number of nitrogens with zero attached hydrogens (tertiary/aromatic N) is 5. The van der Waals surface area contributed by atoms with Crippen LogP contribution in [0.5, 0.6) is 0 Å². The Morgan fingerprint density at radius 2 is 1.76 bits per heavy atom. The largest absolute Gasteiger partial charge is 0.360 e. The maximum atomic E-state index is 13.6. The van der Waals surface area contributed by atoms with Crippen LogP contribution in [0.1, 0.15) is 5.56 Å². The Morgan fingerprint density at radius 3 is 2.54 bits per heavy atom. The average Bonchev–Trinajstić information content (AvgIpc) is 3.60. The monoisotopic (exact) mass is 590 g/mol. The number of thioether (sulfide) groups is 1. The van der Waals surface area contributed by atoms with Crippen molar-refractivity contribution in [3.63, 3.8) is 0 Å². The Bertz CT molecular complexity index is 1840. The molecule has 1 aliphatic heterocycles. The number of hydrogen-bond donors (Lipinski definition) is 1. The molecule has 2 aromatic heterocycles. The third kappa shape index (κ3) is 5.37. The second kappa shape index (κ2) is 11.1. The molecule has 3 aromatic carbocycles. The lowest BCUT2D eigenvalue weighted by Crippen LogP contribution is -2.51. The zero-order valence-corrected chi connectivity index (χ0v) is 23.8. The third-order valence-electron chi connectivity index (χ3n) is 7.07. The number of sulfonamides is 1. The van der Waals surface area contributed by atoms with Gasteiger partial charge in [0.15, 0.2) is 11.0 Å². The first-order valence-corrected chi connectivity index (χ1v) is 15.5. The molecule has 41 heavy (non-hydrogen) atoms. The van der Waals surface area contributed by atoms with Crippen LogP contribution < -0.4 is 0 Å². The SMILES string of the molecule is Cc1cccc(-n2c(SCC(=O)N3CCN(S(=O)(=O)c4cccc(F)c4)CC3)nnc2-c2c[nH]c3ccccc23)c1. The summed E-state index contributed by atoms with van der Waals surface area (Å²) in [5.74, 6) is 0.0572. The van der Waals surface area contributed by atoms with Gasteiger partial charge in [-0.1, -0.05) is 48.2 Å². The molecule has 0 atom stereocenters. The van der Waals surface area contributed by atoms with Crippen molar-refractivity contribution in [2.24, 2.45) is 0 Å². The first kappa shape index (κ1) is 27.2. The standard InChI is InChI=1S/C29H27FN6O3S2/c1-20-6-4-8-22(16-20)36-28(25-18-31-26-11-3-2-10-24(25)26)32-33-29(36)40-19-27(37)34-12-14-35(15-13-34)41(38,39)23-9-5-7-21(30)17-23/h2-11,16-18,31H,12-15,19H2,1H3. The van der Waals surface area contributed by atoms with E-state index in [9.17, 15) is 17.6 Å². The lowest BCUT2D eigenvalue weighted by atomic mass is 10.1. The molecule has 0 saturated carbocycles.